The molecule has 0 bridgehead atoms. The predicted molar refractivity (Wildman–Crippen MR) is 73.3 cm³/mol. The van der Waals surface area contributed by atoms with Crippen LogP contribution in [0.5, 0.6) is 0 Å². The highest BCUT2D eigenvalue weighted by Gasteiger charge is 2.29. The van der Waals surface area contributed by atoms with Crippen LogP contribution in [0, 0.1) is 5.92 Å². The van der Waals surface area contributed by atoms with Crippen LogP contribution in [0.3, 0.4) is 0 Å². The van der Waals surface area contributed by atoms with Gasteiger partial charge in [0.25, 0.3) is 0 Å². The molecule has 0 aliphatic heterocycles. The van der Waals surface area contributed by atoms with Crippen molar-refractivity contribution in [3.8, 4) is 0 Å². The van der Waals surface area contributed by atoms with E-state index in [0.717, 1.165) is 25.7 Å². The number of nitrogens with one attached hydrogen (secondary N) is 2. The number of aliphatic hydroxyl groups is 1. The lowest BCUT2D eigenvalue weighted by atomic mass is 9.85. The van der Waals surface area contributed by atoms with Gasteiger partial charge in [0.05, 0.1) is 11.6 Å². The van der Waals surface area contributed by atoms with Gasteiger partial charge in [-0.05, 0) is 25.7 Å². The van der Waals surface area contributed by atoms with E-state index in [1.807, 2.05) is 6.92 Å². The summed E-state index contributed by atoms with van der Waals surface area (Å²) in [5.74, 6) is 0.479. The highest BCUT2D eigenvalue weighted by Crippen LogP contribution is 2.27. The summed E-state index contributed by atoms with van der Waals surface area (Å²) in [7, 11) is 0. The molecule has 18 heavy (non-hydrogen) atoms. The largest absolute Gasteiger partial charge is 0.389 e. The van der Waals surface area contributed by atoms with E-state index >= 15 is 0 Å². The Hall–Kier alpha value is -0.610. The Kier molecular flexibility index (Phi) is 6.09. The van der Waals surface area contributed by atoms with Crippen LogP contribution < -0.4 is 10.6 Å². The van der Waals surface area contributed by atoms with Crippen LogP contribution in [0.15, 0.2) is 0 Å². The van der Waals surface area contributed by atoms with Crippen LogP contribution in [0.25, 0.3) is 0 Å². The Morgan fingerprint density at radius 2 is 1.83 bits per heavy atom. The Balaban J connectivity index is 2.26. The lowest BCUT2D eigenvalue weighted by Gasteiger charge is -2.33. The van der Waals surface area contributed by atoms with E-state index in [1.165, 1.54) is 6.42 Å². The number of carbonyl (C=O) groups excluding carboxylic acids is 1. The van der Waals surface area contributed by atoms with Gasteiger partial charge in [0.15, 0.2) is 0 Å². The van der Waals surface area contributed by atoms with Crippen molar-refractivity contribution in [3.63, 3.8) is 0 Å². The van der Waals surface area contributed by atoms with E-state index < -0.39 is 5.60 Å². The monoisotopic (exact) mass is 256 g/mol. The molecule has 1 aliphatic rings. The average Bonchev–Trinajstić information content (AvgIpc) is 2.34. The zero-order valence-electron chi connectivity index (χ0n) is 12.0. The molecular weight excluding hydrogens is 228 g/mol. The van der Waals surface area contributed by atoms with Crippen molar-refractivity contribution in [2.24, 2.45) is 5.92 Å². The molecule has 1 saturated carbocycles. The lowest BCUT2D eigenvalue weighted by Crippen LogP contribution is -2.50. The van der Waals surface area contributed by atoms with E-state index in [1.54, 1.807) is 0 Å². The van der Waals surface area contributed by atoms with E-state index in [9.17, 15) is 9.90 Å². The van der Waals surface area contributed by atoms with Crippen molar-refractivity contribution >= 4 is 5.91 Å². The third-order valence-electron chi connectivity index (χ3n) is 3.60. The highest BCUT2D eigenvalue weighted by molar-refractivity contribution is 5.81. The van der Waals surface area contributed by atoms with Crippen LogP contribution in [0.1, 0.15) is 52.9 Å². The summed E-state index contributed by atoms with van der Waals surface area (Å²) >= 11 is 0. The van der Waals surface area contributed by atoms with Gasteiger partial charge in [0.1, 0.15) is 0 Å². The topological polar surface area (TPSA) is 61.4 Å². The molecule has 106 valence electrons. The van der Waals surface area contributed by atoms with Crippen molar-refractivity contribution in [1.29, 1.82) is 0 Å². The Morgan fingerprint density at radius 1 is 1.22 bits per heavy atom. The summed E-state index contributed by atoms with van der Waals surface area (Å²) in [6, 6.07) is -0.241. The third kappa shape index (κ3) is 5.36. The molecule has 0 spiro atoms. The SMILES string of the molecule is CC(C)CNC(=O)C(C)NCC1(O)CCCCC1. The molecular formula is C14H28N2O2. The first kappa shape index (κ1) is 15.4. The molecule has 0 aromatic carbocycles. The Morgan fingerprint density at radius 3 is 2.39 bits per heavy atom. The molecule has 1 unspecified atom stereocenters. The van der Waals surface area contributed by atoms with Gasteiger partial charge in [-0.15, -0.1) is 0 Å². The van der Waals surface area contributed by atoms with E-state index in [0.29, 0.717) is 19.0 Å². The van der Waals surface area contributed by atoms with Gasteiger partial charge >= 0.3 is 0 Å². The number of amides is 1. The molecule has 1 aliphatic carbocycles. The molecule has 1 fully saturated rings. The van der Waals surface area contributed by atoms with Crippen molar-refractivity contribution in [3.05, 3.63) is 0 Å². The summed E-state index contributed by atoms with van der Waals surface area (Å²) in [6.07, 6.45) is 5.09. The second kappa shape index (κ2) is 7.10. The van der Waals surface area contributed by atoms with Crippen LogP contribution in [0.2, 0.25) is 0 Å². The quantitative estimate of drug-likeness (QED) is 0.674. The van der Waals surface area contributed by atoms with Gasteiger partial charge in [0.2, 0.25) is 5.91 Å². The Bertz CT molecular complexity index is 261. The minimum absolute atomic E-state index is 0.0168. The molecule has 0 saturated heterocycles. The fourth-order valence-electron chi connectivity index (χ4n) is 2.28. The first-order chi connectivity index (χ1) is 8.43. The molecule has 1 rings (SSSR count). The molecule has 0 aromatic rings. The van der Waals surface area contributed by atoms with Gasteiger partial charge < -0.3 is 15.7 Å². The smallest absolute Gasteiger partial charge is 0.236 e. The van der Waals surface area contributed by atoms with Gasteiger partial charge in [-0.3, -0.25) is 4.79 Å². The summed E-state index contributed by atoms with van der Waals surface area (Å²) < 4.78 is 0. The zero-order valence-corrected chi connectivity index (χ0v) is 12.0. The zero-order chi connectivity index (χ0) is 13.6. The normalized spacial score (nSPS) is 20.7. The van der Waals surface area contributed by atoms with E-state index in [2.05, 4.69) is 24.5 Å². The Labute approximate surface area is 111 Å². The third-order valence-corrected chi connectivity index (χ3v) is 3.60. The van der Waals surface area contributed by atoms with Crippen molar-refractivity contribution in [2.45, 2.75) is 64.5 Å². The van der Waals surface area contributed by atoms with Gasteiger partial charge in [0, 0.05) is 13.1 Å². The lowest BCUT2D eigenvalue weighted by molar-refractivity contribution is -0.123. The standard InChI is InChI=1S/C14H28N2O2/c1-11(2)9-15-13(17)12(3)16-10-14(18)7-5-4-6-8-14/h11-12,16,18H,4-10H2,1-3H3,(H,15,17). The van der Waals surface area contributed by atoms with Gasteiger partial charge in [-0.2, -0.15) is 0 Å². The average molecular weight is 256 g/mol. The van der Waals surface area contributed by atoms with Gasteiger partial charge in [-0.25, -0.2) is 0 Å². The van der Waals surface area contributed by atoms with Crippen LogP contribution in [-0.4, -0.2) is 35.7 Å². The molecule has 0 aromatic heterocycles. The minimum Gasteiger partial charge on any atom is -0.389 e. The number of hydrogen-bond acceptors (Lipinski definition) is 3. The first-order valence-electron chi connectivity index (χ1n) is 7.16. The summed E-state index contributed by atoms with van der Waals surface area (Å²) in [6.45, 7) is 7.21. The van der Waals surface area contributed by atoms with Crippen molar-refractivity contribution in [2.75, 3.05) is 13.1 Å². The minimum atomic E-state index is -0.606. The number of hydrogen-bond donors (Lipinski definition) is 3. The molecule has 1 atom stereocenters. The maximum atomic E-state index is 11.8. The fraction of sp³-hybridized carbons (Fsp3) is 0.929. The van der Waals surface area contributed by atoms with E-state index in [4.69, 9.17) is 0 Å². The van der Waals surface area contributed by atoms with Gasteiger partial charge in [-0.1, -0.05) is 33.1 Å². The van der Waals surface area contributed by atoms with Crippen LogP contribution in [0.4, 0.5) is 0 Å². The molecule has 3 N–H and O–H groups in total. The molecule has 4 nitrogen and oxygen atoms in total. The van der Waals surface area contributed by atoms with Crippen molar-refractivity contribution in [1.82, 2.24) is 10.6 Å². The maximum Gasteiger partial charge on any atom is 0.236 e. The number of carbonyl (C=O) groups is 1. The fourth-order valence-corrected chi connectivity index (χ4v) is 2.28. The molecule has 0 heterocycles. The maximum absolute atomic E-state index is 11.8. The summed E-state index contributed by atoms with van der Waals surface area (Å²) in [4.78, 5) is 11.8. The second-order valence-electron chi connectivity index (χ2n) is 6.03. The van der Waals surface area contributed by atoms with Crippen LogP contribution in [-0.2, 0) is 4.79 Å². The predicted octanol–water partition coefficient (Wildman–Crippen LogP) is 1.43. The second-order valence-corrected chi connectivity index (χ2v) is 6.03. The highest BCUT2D eigenvalue weighted by atomic mass is 16.3. The van der Waals surface area contributed by atoms with Crippen molar-refractivity contribution < 1.29 is 9.90 Å². The molecule has 1 amide bonds. The summed E-state index contributed by atoms with van der Waals surface area (Å²) in [5.41, 5.74) is -0.606. The summed E-state index contributed by atoms with van der Waals surface area (Å²) in [5, 5.41) is 16.4. The van der Waals surface area contributed by atoms with E-state index in [-0.39, 0.29) is 11.9 Å². The number of rotatable bonds is 6. The molecule has 4 heteroatoms. The van der Waals surface area contributed by atoms with Crippen LogP contribution >= 0.6 is 0 Å². The molecule has 0 radical (unpaired) electrons. The first-order valence-corrected chi connectivity index (χ1v) is 7.16.